The van der Waals surface area contributed by atoms with Gasteiger partial charge >= 0.3 is 0 Å². The number of pyridine rings is 1. The van der Waals surface area contributed by atoms with Gasteiger partial charge < -0.3 is 10.2 Å². The number of rotatable bonds is 3. The van der Waals surface area contributed by atoms with Gasteiger partial charge in [-0.1, -0.05) is 0 Å². The van der Waals surface area contributed by atoms with E-state index < -0.39 is 0 Å². The summed E-state index contributed by atoms with van der Waals surface area (Å²) in [4.78, 5) is 6.81. The Balaban J connectivity index is 1.96. The molecule has 0 atom stereocenters. The van der Waals surface area contributed by atoms with E-state index in [1.165, 1.54) is 12.8 Å². The highest BCUT2D eigenvalue weighted by Crippen LogP contribution is 2.27. The van der Waals surface area contributed by atoms with E-state index in [9.17, 15) is 0 Å². The molecule has 1 aromatic heterocycles. The SMILES string of the molecule is CNCC1CCN(c2ncccc2Br)CC1. The van der Waals surface area contributed by atoms with Crippen molar-refractivity contribution in [2.75, 3.05) is 31.6 Å². The first-order chi connectivity index (χ1) is 7.81. The molecular formula is C12H18BrN3. The average Bonchev–Trinajstić information content (AvgIpc) is 2.31. The molecular weight excluding hydrogens is 266 g/mol. The standard InChI is InChI=1S/C12H18BrN3/c1-14-9-10-4-7-16(8-5-10)12-11(13)3-2-6-15-12/h2-3,6,10,14H,4-5,7-9H2,1H3. The highest BCUT2D eigenvalue weighted by Gasteiger charge is 2.20. The first-order valence-corrected chi connectivity index (χ1v) is 6.60. The first-order valence-electron chi connectivity index (χ1n) is 5.81. The molecule has 1 saturated heterocycles. The maximum atomic E-state index is 4.44. The average molecular weight is 284 g/mol. The lowest BCUT2D eigenvalue weighted by Gasteiger charge is -2.33. The molecule has 0 saturated carbocycles. The van der Waals surface area contributed by atoms with Gasteiger partial charge in [0.05, 0.1) is 4.47 Å². The van der Waals surface area contributed by atoms with Crippen LogP contribution < -0.4 is 10.2 Å². The van der Waals surface area contributed by atoms with Crippen LogP contribution in [0.15, 0.2) is 22.8 Å². The van der Waals surface area contributed by atoms with Crippen LogP contribution in [0.4, 0.5) is 5.82 Å². The van der Waals surface area contributed by atoms with E-state index >= 15 is 0 Å². The molecule has 1 N–H and O–H groups in total. The van der Waals surface area contributed by atoms with Gasteiger partial charge in [-0.25, -0.2) is 4.98 Å². The van der Waals surface area contributed by atoms with Gasteiger partial charge in [-0.05, 0) is 60.4 Å². The molecule has 0 radical (unpaired) electrons. The van der Waals surface area contributed by atoms with Crippen LogP contribution in [0.2, 0.25) is 0 Å². The molecule has 0 amide bonds. The topological polar surface area (TPSA) is 28.2 Å². The first kappa shape index (κ1) is 11.9. The number of aromatic nitrogens is 1. The van der Waals surface area contributed by atoms with Crippen LogP contribution in [0.5, 0.6) is 0 Å². The van der Waals surface area contributed by atoms with E-state index in [1.807, 2.05) is 19.3 Å². The molecule has 2 heterocycles. The minimum Gasteiger partial charge on any atom is -0.356 e. The fourth-order valence-electron chi connectivity index (χ4n) is 2.25. The summed E-state index contributed by atoms with van der Waals surface area (Å²) in [7, 11) is 2.03. The molecule has 0 spiro atoms. The van der Waals surface area contributed by atoms with E-state index in [-0.39, 0.29) is 0 Å². The van der Waals surface area contributed by atoms with Gasteiger partial charge in [-0.2, -0.15) is 0 Å². The zero-order valence-corrected chi connectivity index (χ0v) is 11.2. The van der Waals surface area contributed by atoms with Crippen LogP contribution in [-0.2, 0) is 0 Å². The Morgan fingerprint density at radius 3 is 2.88 bits per heavy atom. The maximum Gasteiger partial charge on any atom is 0.142 e. The van der Waals surface area contributed by atoms with Crippen molar-refractivity contribution >= 4 is 21.7 Å². The van der Waals surface area contributed by atoms with Crippen LogP contribution in [0.3, 0.4) is 0 Å². The molecule has 2 rings (SSSR count). The maximum absolute atomic E-state index is 4.44. The van der Waals surface area contributed by atoms with Crippen molar-refractivity contribution in [2.24, 2.45) is 5.92 Å². The number of hydrogen-bond acceptors (Lipinski definition) is 3. The summed E-state index contributed by atoms with van der Waals surface area (Å²) in [6, 6.07) is 4.02. The van der Waals surface area contributed by atoms with Crippen LogP contribution in [0, 0.1) is 5.92 Å². The van der Waals surface area contributed by atoms with Crippen LogP contribution >= 0.6 is 15.9 Å². The van der Waals surface area contributed by atoms with Crippen molar-refractivity contribution in [1.29, 1.82) is 0 Å². The molecule has 0 aromatic carbocycles. The van der Waals surface area contributed by atoms with Crippen molar-refractivity contribution in [2.45, 2.75) is 12.8 Å². The minimum atomic E-state index is 0.823. The summed E-state index contributed by atoms with van der Waals surface area (Å²) in [6.45, 7) is 3.36. The number of halogens is 1. The van der Waals surface area contributed by atoms with Crippen LogP contribution in [0.25, 0.3) is 0 Å². The molecule has 16 heavy (non-hydrogen) atoms. The molecule has 1 fully saturated rings. The van der Waals surface area contributed by atoms with Crippen LogP contribution in [-0.4, -0.2) is 31.7 Å². The largest absolute Gasteiger partial charge is 0.356 e. The Morgan fingerprint density at radius 1 is 1.50 bits per heavy atom. The Bertz CT molecular complexity index is 335. The fraction of sp³-hybridized carbons (Fsp3) is 0.583. The predicted molar refractivity (Wildman–Crippen MR) is 70.8 cm³/mol. The van der Waals surface area contributed by atoms with Crippen molar-refractivity contribution in [1.82, 2.24) is 10.3 Å². The summed E-state index contributed by atoms with van der Waals surface area (Å²) < 4.78 is 1.10. The molecule has 88 valence electrons. The lowest BCUT2D eigenvalue weighted by molar-refractivity contribution is 0.392. The highest BCUT2D eigenvalue weighted by molar-refractivity contribution is 9.10. The predicted octanol–water partition coefficient (Wildman–Crippen LogP) is 2.28. The summed E-state index contributed by atoms with van der Waals surface area (Å²) >= 11 is 3.56. The molecule has 0 unspecified atom stereocenters. The van der Waals surface area contributed by atoms with E-state index in [0.717, 1.165) is 35.8 Å². The molecule has 0 bridgehead atoms. The normalized spacial score (nSPS) is 17.8. The number of piperidine rings is 1. The second-order valence-corrected chi connectivity index (χ2v) is 5.15. The minimum absolute atomic E-state index is 0.823. The lowest BCUT2D eigenvalue weighted by Crippen LogP contribution is -2.37. The molecule has 3 nitrogen and oxygen atoms in total. The third kappa shape index (κ3) is 2.74. The smallest absolute Gasteiger partial charge is 0.142 e. The molecule has 4 heteroatoms. The zero-order valence-electron chi connectivity index (χ0n) is 9.62. The summed E-state index contributed by atoms with van der Waals surface area (Å²) in [6.07, 6.45) is 4.37. The Kier molecular flexibility index (Phi) is 4.18. The number of anilines is 1. The zero-order chi connectivity index (χ0) is 11.4. The van der Waals surface area contributed by atoms with E-state index in [4.69, 9.17) is 0 Å². The van der Waals surface area contributed by atoms with E-state index in [2.05, 4.69) is 37.2 Å². The van der Waals surface area contributed by atoms with Gasteiger partial charge in [0.15, 0.2) is 0 Å². The summed E-state index contributed by atoms with van der Waals surface area (Å²) in [5, 5.41) is 3.26. The third-order valence-corrected chi connectivity index (χ3v) is 3.76. The monoisotopic (exact) mass is 283 g/mol. The molecule has 1 aliphatic rings. The van der Waals surface area contributed by atoms with E-state index in [1.54, 1.807) is 0 Å². The van der Waals surface area contributed by atoms with Crippen molar-refractivity contribution in [3.05, 3.63) is 22.8 Å². The summed E-state index contributed by atoms with van der Waals surface area (Å²) in [5.41, 5.74) is 0. The van der Waals surface area contributed by atoms with Crippen molar-refractivity contribution in [3.8, 4) is 0 Å². The highest BCUT2D eigenvalue weighted by atomic mass is 79.9. The molecule has 0 aliphatic carbocycles. The van der Waals surface area contributed by atoms with Crippen molar-refractivity contribution < 1.29 is 0 Å². The Hall–Kier alpha value is -0.610. The fourth-order valence-corrected chi connectivity index (χ4v) is 2.75. The van der Waals surface area contributed by atoms with Gasteiger partial charge in [0.1, 0.15) is 5.82 Å². The quantitative estimate of drug-likeness (QED) is 0.923. The van der Waals surface area contributed by atoms with Gasteiger partial charge in [0.25, 0.3) is 0 Å². The lowest BCUT2D eigenvalue weighted by atomic mass is 9.97. The second-order valence-electron chi connectivity index (χ2n) is 4.30. The second kappa shape index (κ2) is 5.64. The van der Waals surface area contributed by atoms with E-state index in [0.29, 0.717) is 0 Å². The summed E-state index contributed by atoms with van der Waals surface area (Å²) in [5.74, 6) is 1.91. The number of nitrogens with one attached hydrogen (secondary N) is 1. The van der Waals surface area contributed by atoms with Gasteiger partial charge in [0.2, 0.25) is 0 Å². The van der Waals surface area contributed by atoms with Crippen molar-refractivity contribution in [3.63, 3.8) is 0 Å². The van der Waals surface area contributed by atoms with Gasteiger partial charge in [-0.3, -0.25) is 0 Å². The Labute approximate surface area is 105 Å². The number of hydrogen-bond donors (Lipinski definition) is 1. The van der Waals surface area contributed by atoms with Gasteiger partial charge in [0, 0.05) is 19.3 Å². The number of nitrogens with zero attached hydrogens (tertiary/aromatic N) is 2. The van der Waals surface area contributed by atoms with Crippen LogP contribution in [0.1, 0.15) is 12.8 Å². The third-order valence-electron chi connectivity index (χ3n) is 3.15. The Morgan fingerprint density at radius 2 is 2.25 bits per heavy atom. The molecule has 1 aromatic rings. The van der Waals surface area contributed by atoms with Gasteiger partial charge in [-0.15, -0.1) is 0 Å². The molecule has 1 aliphatic heterocycles.